The van der Waals surface area contributed by atoms with Crippen LogP contribution in [0.3, 0.4) is 0 Å². The monoisotopic (exact) mass is 407 g/mol. The highest BCUT2D eigenvalue weighted by atomic mass is 32.2. The van der Waals surface area contributed by atoms with E-state index < -0.39 is 30.6 Å². The van der Waals surface area contributed by atoms with E-state index in [1.165, 1.54) is 42.5 Å². The predicted molar refractivity (Wildman–Crippen MR) is 97.8 cm³/mol. The zero-order valence-corrected chi connectivity index (χ0v) is 15.6. The van der Waals surface area contributed by atoms with Crippen molar-refractivity contribution in [2.45, 2.75) is 9.92 Å². The first-order valence-electron chi connectivity index (χ1n) is 7.58. The summed E-state index contributed by atoms with van der Waals surface area (Å²) in [6, 6.07) is 14.1. The van der Waals surface area contributed by atoms with Crippen molar-refractivity contribution in [1.82, 2.24) is 10.2 Å². The van der Waals surface area contributed by atoms with Crippen molar-refractivity contribution < 1.29 is 21.2 Å². The van der Waals surface area contributed by atoms with Crippen LogP contribution in [0.2, 0.25) is 0 Å². The van der Waals surface area contributed by atoms with E-state index >= 15 is 0 Å². The molecule has 0 aliphatic carbocycles. The summed E-state index contributed by atoms with van der Waals surface area (Å²) in [5.74, 6) is -0.845. The van der Waals surface area contributed by atoms with Crippen LogP contribution in [0.5, 0.6) is 0 Å². The fourth-order valence-corrected chi connectivity index (χ4v) is 3.90. The molecular formula is C17H14FN3O4S2. The van der Waals surface area contributed by atoms with E-state index in [0.717, 1.165) is 12.3 Å². The first-order valence-corrected chi connectivity index (χ1v) is 11.0. The Morgan fingerprint density at radius 1 is 0.852 bits per heavy atom. The number of sulfone groups is 1. The summed E-state index contributed by atoms with van der Waals surface area (Å²) in [6.45, 7) is 0. The third-order valence-electron chi connectivity index (χ3n) is 3.58. The van der Waals surface area contributed by atoms with Crippen LogP contribution in [-0.2, 0) is 19.9 Å². The van der Waals surface area contributed by atoms with Gasteiger partial charge in [-0.05, 0) is 36.4 Å². The second kappa shape index (κ2) is 7.05. The van der Waals surface area contributed by atoms with Gasteiger partial charge < -0.3 is 0 Å². The van der Waals surface area contributed by atoms with Crippen molar-refractivity contribution >= 4 is 25.5 Å². The zero-order valence-electron chi connectivity index (χ0n) is 14.0. The van der Waals surface area contributed by atoms with Gasteiger partial charge in [-0.25, -0.2) is 21.2 Å². The summed E-state index contributed by atoms with van der Waals surface area (Å²) in [5.41, 5.74) is 1.27. The Balaban J connectivity index is 1.83. The van der Waals surface area contributed by atoms with E-state index in [4.69, 9.17) is 0 Å². The molecule has 0 unspecified atom stereocenters. The lowest BCUT2D eigenvalue weighted by Crippen LogP contribution is -2.14. The second-order valence-corrected chi connectivity index (χ2v) is 9.26. The Morgan fingerprint density at radius 3 is 2.07 bits per heavy atom. The molecule has 140 valence electrons. The minimum Gasteiger partial charge on any atom is -0.280 e. The van der Waals surface area contributed by atoms with Gasteiger partial charge in [-0.1, -0.05) is 24.3 Å². The summed E-state index contributed by atoms with van der Waals surface area (Å²) in [4.78, 5) is -0.448. The fraction of sp³-hybridized carbons (Fsp3) is 0.0588. The number of hydrogen-bond donors (Lipinski definition) is 1. The van der Waals surface area contributed by atoms with E-state index in [2.05, 4.69) is 14.9 Å². The van der Waals surface area contributed by atoms with Gasteiger partial charge in [0.25, 0.3) is 10.0 Å². The minimum absolute atomic E-state index is 0.138. The lowest BCUT2D eigenvalue weighted by atomic mass is 10.1. The van der Waals surface area contributed by atoms with E-state index in [9.17, 15) is 21.2 Å². The van der Waals surface area contributed by atoms with Crippen molar-refractivity contribution in [3.05, 3.63) is 66.5 Å². The Hall–Kier alpha value is -2.85. The molecule has 1 aromatic heterocycles. The molecule has 0 atom stereocenters. The molecule has 1 heterocycles. The summed E-state index contributed by atoms with van der Waals surface area (Å²) in [5, 5.41) is 7.39. The third-order valence-corrected chi connectivity index (χ3v) is 5.97. The maximum atomic E-state index is 13.7. The molecule has 3 rings (SSSR count). The Kier molecular flexibility index (Phi) is 4.94. The van der Waals surface area contributed by atoms with Crippen LogP contribution in [0.4, 0.5) is 10.1 Å². The van der Waals surface area contributed by atoms with Gasteiger partial charge in [0.15, 0.2) is 14.9 Å². The molecule has 1 N–H and O–H groups in total. The van der Waals surface area contributed by atoms with E-state index in [0.29, 0.717) is 11.3 Å². The van der Waals surface area contributed by atoms with Crippen LogP contribution in [-0.4, -0.2) is 33.3 Å². The Labute approximate surface area is 155 Å². The smallest absolute Gasteiger partial charge is 0.264 e. The van der Waals surface area contributed by atoms with Crippen molar-refractivity contribution in [2.24, 2.45) is 0 Å². The maximum absolute atomic E-state index is 13.7. The molecular weight excluding hydrogens is 393 g/mol. The Morgan fingerprint density at radius 2 is 1.52 bits per heavy atom. The van der Waals surface area contributed by atoms with Gasteiger partial charge in [-0.3, -0.25) is 4.72 Å². The number of rotatable bonds is 5. The molecule has 27 heavy (non-hydrogen) atoms. The topological polar surface area (TPSA) is 106 Å². The van der Waals surface area contributed by atoms with E-state index in [-0.39, 0.29) is 10.7 Å². The molecule has 0 radical (unpaired) electrons. The molecule has 10 heteroatoms. The van der Waals surface area contributed by atoms with Gasteiger partial charge in [0.1, 0.15) is 10.7 Å². The van der Waals surface area contributed by atoms with Gasteiger partial charge in [0.05, 0.1) is 5.69 Å². The van der Waals surface area contributed by atoms with Crippen LogP contribution >= 0.6 is 0 Å². The van der Waals surface area contributed by atoms with Crippen LogP contribution in [0.15, 0.2) is 70.6 Å². The van der Waals surface area contributed by atoms with Gasteiger partial charge in [-0.15, -0.1) is 10.2 Å². The molecule has 0 aliphatic heterocycles. The average molecular weight is 407 g/mol. The van der Waals surface area contributed by atoms with Crippen LogP contribution < -0.4 is 4.72 Å². The fourth-order valence-electron chi connectivity index (χ4n) is 2.25. The predicted octanol–water partition coefficient (Wildman–Crippen LogP) is 2.49. The van der Waals surface area contributed by atoms with Crippen molar-refractivity contribution in [3.63, 3.8) is 0 Å². The first kappa shape index (κ1) is 18.9. The molecule has 0 saturated carbocycles. The maximum Gasteiger partial charge on any atom is 0.264 e. The highest BCUT2D eigenvalue weighted by Gasteiger charge is 2.18. The summed E-state index contributed by atoms with van der Waals surface area (Å²) < 4.78 is 63.4. The van der Waals surface area contributed by atoms with Crippen LogP contribution in [0.1, 0.15) is 0 Å². The second-order valence-electron chi connectivity index (χ2n) is 5.64. The molecule has 0 bridgehead atoms. The highest BCUT2D eigenvalue weighted by Crippen LogP contribution is 2.22. The van der Waals surface area contributed by atoms with Crippen molar-refractivity contribution in [3.8, 4) is 11.3 Å². The molecule has 0 fully saturated rings. The highest BCUT2D eigenvalue weighted by molar-refractivity contribution is 7.92. The van der Waals surface area contributed by atoms with Gasteiger partial charge >= 0.3 is 0 Å². The SMILES string of the molecule is CS(=O)(=O)c1ccc(-c2ccc(NS(=O)(=O)c3ccccc3F)cc2)nn1. The van der Waals surface area contributed by atoms with Crippen molar-refractivity contribution in [2.75, 3.05) is 11.0 Å². The average Bonchev–Trinajstić information content (AvgIpc) is 2.62. The number of sulfonamides is 1. The molecule has 2 aromatic carbocycles. The molecule has 0 amide bonds. The van der Waals surface area contributed by atoms with Gasteiger partial charge in [-0.2, -0.15) is 0 Å². The number of anilines is 1. The minimum atomic E-state index is -4.06. The molecule has 7 nitrogen and oxygen atoms in total. The van der Waals surface area contributed by atoms with Crippen LogP contribution in [0, 0.1) is 5.82 Å². The van der Waals surface area contributed by atoms with Gasteiger partial charge in [0.2, 0.25) is 0 Å². The third kappa shape index (κ3) is 4.29. The summed E-state index contributed by atoms with van der Waals surface area (Å²) in [7, 11) is -7.50. The summed E-state index contributed by atoms with van der Waals surface area (Å²) >= 11 is 0. The lowest BCUT2D eigenvalue weighted by Gasteiger charge is -2.09. The zero-order chi connectivity index (χ0) is 19.7. The number of aromatic nitrogens is 2. The first-order chi connectivity index (χ1) is 12.7. The van der Waals surface area contributed by atoms with Gasteiger partial charge in [0, 0.05) is 17.5 Å². The number of nitrogens with zero attached hydrogens (tertiary/aromatic N) is 2. The number of benzene rings is 2. The van der Waals surface area contributed by atoms with Crippen molar-refractivity contribution in [1.29, 1.82) is 0 Å². The largest absolute Gasteiger partial charge is 0.280 e. The molecule has 0 spiro atoms. The van der Waals surface area contributed by atoms with Crippen LogP contribution in [0.25, 0.3) is 11.3 Å². The quantitative estimate of drug-likeness (QED) is 0.696. The standard InChI is InChI=1S/C17H14FN3O4S2/c1-26(22,23)17-11-10-15(19-20-17)12-6-8-13(9-7-12)21-27(24,25)16-5-3-2-4-14(16)18/h2-11,21H,1H3. The number of hydrogen-bond acceptors (Lipinski definition) is 6. The molecule has 0 aliphatic rings. The molecule has 3 aromatic rings. The number of nitrogens with one attached hydrogen (secondary N) is 1. The van der Waals surface area contributed by atoms with E-state index in [1.807, 2.05) is 0 Å². The lowest BCUT2D eigenvalue weighted by molar-refractivity contribution is 0.570. The summed E-state index contributed by atoms with van der Waals surface area (Å²) in [6.07, 6.45) is 1.03. The van der Waals surface area contributed by atoms with E-state index in [1.54, 1.807) is 12.1 Å². The number of halogens is 1. The molecule has 0 saturated heterocycles. The Bertz CT molecular complexity index is 1180. The normalized spacial score (nSPS) is 11.9.